The number of ether oxygens (including phenoxy) is 1. The Bertz CT molecular complexity index is 710. The van der Waals surface area contributed by atoms with Crippen molar-refractivity contribution in [1.82, 2.24) is 14.9 Å². The number of aliphatic hydroxyl groups excluding tert-OH is 1. The van der Waals surface area contributed by atoms with Crippen LogP contribution in [0.15, 0.2) is 24.3 Å². The van der Waals surface area contributed by atoms with E-state index in [1.807, 2.05) is 31.2 Å². The predicted octanol–water partition coefficient (Wildman–Crippen LogP) is 2.05. The second-order valence-electron chi connectivity index (χ2n) is 6.87. The van der Waals surface area contributed by atoms with Crippen molar-refractivity contribution in [3.63, 3.8) is 0 Å². The van der Waals surface area contributed by atoms with E-state index < -0.39 is 0 Å². The molecular formula is C18H23N3O2. The third kappa shape index (κ3) is 2.96. The summed E-state index contributed by atoms with van der Waals surface area (Å²) >= 11 is 0. The van der Waals surface area contributed by atoms with Gasteiger partial charge in [-0.05, 0) is 31.9 Å². The highest BCUT2D eigenvalue weighted by molar-refractivity contribution is 5.74. The topological polar surface area (TPSA) is 58.5 Å². The molecule has 2 fully saturated rings. The molecule has 0 saturated carbocycles. The number of hydrogen-bond acceptors (Lipinski definition) is 5. The van der Waals surface area contributed by atoms with Crippen LogP contribution in [0.25, 0.3) is 11.0 Å². The lowest BCUT2D eigenvalue weighted by atomic mass is 9.88. The van der Waals surface area contributed by atoms with E-state index in [0.29, 0.717) is 6.61 Å². The standard InChI is InChI=1S/C18H23N3O2/c1-13-17(20-16-5-3-2-4-15(16)19-13)11-21-8-6-18(7-9-21)10-14(22)12-23-18/h2-5,14,22H,6-12H2,1H3/t14-/m0/s1. The molecule has 2 aliphatic heterocycles. The molecule has 5 nitrogen and oxygen atoms in total. The summed E-state index contributed by atoms with van der Waals surface area (Å²) in [4.78, 5) is 11.9. The Kier molecular flexibility index (Phi) is 3.79. The summed E-state index contributed by atoms with van der Waals surface area (Å²) in [6.45, 7) is 5.34. The minimum atomic E-state index is -0.282. The van der Waals surface area contributed by atoms with E-state index in [1.165, 1.54) is 0 Å². The van der Waals surface area contributed by atoms with Crippen molar-refractivity contribution in [1.29, 1.82) is 0 Å². The van der Waals surface area contributed by atoms with Crippen molar-refractivity contribution < 1.29 is 9.84 Å². The van der Waals surface area contributed by atoms with Crippen LogP contribution in [0.2, 0.25) is 0 Å². The Hall–Kier alpha value is -1.56. The normalized spacial score (nSPS) is 24.5. The average molecular weight is 313 g/mol. The molecule has 0 bridgehead atoms. The number of nitrogens with zero attached hydrogens (tertiary/aromatic N) is 3. The number of aromatic nitrogens is 2. The fraction of sp³-hybridized carbons (Fsp3) is 0.556. The molecule has 122 valence electrons. The maximum atomic E-state index is 9.73. The zero-order valence-corrected chi connectivity index (χ0v) is 13.5. The lowest BCUT2D eigenvalue weighted by Crippen LogP contribution is -2.44. The van der Waals surface area contributed by atoms with E-state index in [0.717, 1.165) is 61.3 Å². The third-order valence-corrected chi connectivity index (χ3v) is 5.17. The minimum absolute atomic E-state index is 0.0833. The van der Waals surface area contributed by atoms with Crippen LogP contribution < -0.4 is 0 Å². The zero-order chi connectivity index (χ0) is 15.9. The number of fused-ring (bicyclic) bond motifs is 1. The van der Waals surface area contributed by atoms with Crippen LogP contribution in [0.4, 0.5) is 0 Å². The summed E-state index contributed by atoms with van der Waals surface area (Å²) in [7, 11) is 0. The molecule has 1 aromatic heterocycles. The lowest BCUT2D eigenvalue weighted by Gasteiger charge is -2.38. The Morgan fingerprint density at radius 2 is 1.91 bits per heavy atom. The van der Waals surface area contributed by atoms with Gasteiger partial charge in [-0.3, -0.25) is 4.90 Å². The van der Waals surface area contributed by atoms with Crippen molar-refractivity contribution in [2.24, 2.45) is 0 Å². The van der Waals surface area contributed by atoms with Gasteiger partial charge in [-0.2, -0.15) is 0 Å². The SMILES string of the molecule is Cc1nc2ccccc2nc1CN1CCC2(CC1)C[C@H](O)CO2. The summed E-state index contributed by atoms with van der Waals surface area (Å²) in [5, 5.41) is 9.73. The zero-order valence-electron chi connectivity index (χ0n) is 13.5. The molecule has 4 rings (SSSR count). The Balaban J connectivity index is 1.46. The number of aliphatic hydroxyl groups is 1. The number of hydrogen-bond donors (Lipinski definition) is 1. The molecule has 2 aromatic rings. The van der Waals surface area contributed by atoms with Crippen molar-refractivity contribution in [2.75, 3.05) is 19.7 Å². The molecule has 1 aromatic carbocycles. The van der Waals surface area contributed by atoms with Crippen molar-refractivity contribution in [3.8, 4) is 0 Å². The van der Waals surface area contributed by atoms with Crippen molar-refractivity contribution in [2.45, 2.75) is 44.4 Å². The second kappa shape index (κ2) is 5.82. The first kappa shape index (κ1) is 15.0. The van der Waals surface area contributed by atoms with Crippen LogP contribution in [-0.2, 0) is 11.3 Å². The number of para-hydroxylation sites is 2. The van der Waals surface area contributed by atoms with E-state index in [4.69, 9.17) is 9.72 Å². The summed E-state index contributed by atoms with van der Waals surface area (Å²) in [6, 6.07) is 8.02. The summed E-state index contributed by atoms with van der Waals surface area (Å²) in [6.07, 6.45) is 2.49. The average Bonchev–Trinajstić information content (AvgIpc) is 2.91. The fourth-order valence-electron chi connectivity index (χ4n) is 3.77. The Labute approximate surface area is 136 Å². The van der Waals surface area contributed by atoms with Gasteiger partial charge in [0.1, 0.15) is 0 Å². The van der Waals surface area contributed by atoms with Gasteiger partial charge < -0.3 is 9.84 Å². The molecule has 2 aliphatic rings. The van der Waals surface area contributed by atoms with E-state index in [9.17, 15) is 5.11 Å². The second-order valence-corrected chi connectivity index (χ2v) is 6.87. The van der Waals surface area contributed by atoms with Gasteiger partial charge in [-0.25, -0.2) is 9.97 Å². The lowest BCUT2D eigenvalue weighted by molar-refractivity contribution is -0.0458. The van der Waals surface area contributed by atoms with Crippen molar-refractivity contribution >= 4 is 11.0 Å². The molecule has 3 heterocycles. The molecule has 2 saturated heterocycles. The molecule has 0 unspecified atom stereocenters. The highest BCUT2D eigenvalue weighted by atomic mass is 16.5. The summed E-state index contributed by atoms with van der Waals surface area (Å²) < 4.78 is 5.87. The number of piperidine rings is 1. The van der Waals surface area contributed by atoms with Crippen LogP contribution in [0.3, 0.4) is 0 Å². The molecule has 0 aliphatic carbocycles. The maximum Gasteiger partial charge on any atom is 0.0890 e. The van der Waals surface area contributed by atoms with Gasteiger partial charge in [0.25, 0.3) is 0 Å². The summed E-state index contributed by atoms with van der Waals surface area (Å²) in [5.74, 6) is 0. The first-order valence-electron chi connectivity index (χ1n) is 8.40. The maximum absolute atomic E-state index is 9.73. The predicted molar refractivity (Wildman–Crippen MR) is 88.1 cm³/mol. The van der Waals surface area contributed by atoms with Gasteiger partial charge in [0.05, 0.1) is 40.7 Å². The number of benzene rings is 1. The van der Waals surface area contributed by atoms with Crippen LogP contribution >= 0.6 is 0 Å². The highest BCUT2D eigenvalue weighted by Crippen LogP contribution is 2.36. The molecule has 1 N–H and O–H groups in total. The summed E-state index contributed by atoms with van der Waals surface area (Å²) in [5.41, 5.74) is 3.91. The van der Waals surface area contributed by atoms with Crippen molar-refractivity contribution in [3.05, 3.63) is 35.7 Å². The monoisotopic (exact) mass is 313 g/mol. The third-order valence-electron chi connectivity index (χ3n) is 5.17. The number of likely N-dealkylation sites (tertiary alicyclic amines) is 1. The molecule has 0 amide bonds. The molecule has 1 spiro atoms. The largest absolute Gasteiger partial charge is 0.391 e. The van der Waals surface area contributed by atoms with Gasteiger partial charge in [-0.15, -0.1) is 0 Å². The molecular weight excluding hydrogens is 290 g/mol. The fourth-order valence-corrected chi connectivity index (χ4v) is 3.77. The smallest absolute Gasteiger partial charge is 0.0890 e. The van der Waals surface area contributed by atoms with E-state index in [2.05, 4.69) is 9.88 Å². The van der Waals surface area contributed by atoms with Crippen LogP contribution in [-0.4, -0.2) is 51.4 Å². The quantitative estimate of drug-likeness (QED) is 0.919. The Morgan fingerprint density at radius 3 is 2.57 bits per heavy atom. The minimum Gasteiger partial charge on any atom is -0.391 e. The Morgan fingerprint density at radius 1 is 1.22 bits per heavy atom. The highest BCUT2D eigenvalue weighted by Gasteiger charge is 2.42. The first-order valence-corrected chi connectivity index (χ1v) is 8.40. The molecule has 23 heavy (non-hydrogen) atoms. The number of rotatable bonds is 2. The van der Waals surface area contributed by atoms with Crippen LogP contribution in [0, 0.1) is 6.92 Å². The van der Waals surface area contributed by atoms with E-state index in [-0.39, 0.29) is 11.7 Å². The van der Waals surface area contributed by atoms with Gasteiger partial charge in [0.2, 0.25) is 0 Å². The van der Waals surface area contributed by atoms with E-state index >= 15 is 0 Å². The molecule has 5 heteroatoms. The number of aryl methyl sites for hydroxylation is 1. The van der Waals surface area contributed by atoms with Gasteiger partial charge in [0, 0.05) is 26.1 Å². The van der Waals surface area contributed by atoms with E-state index in [1.54, 1.807) is 0 Å². The molecule has 1 atom stereocenters. The van der Waals surface area contributed by atoms with Crippen LogP contribution in [0.1, 0.15) is 30.7 Å². The molecule has 0 radical (unpaired) electrons. The van der Waals surface area contributed by atoms with Crippen LogP contribution in [0.5, 0.6) is 0 Å². The van der Waals surface area contributed by atoms with Gasteiger partial charge in [0.15, 0.2) is 0 Å². The first-order chi connectivity index (χ1) is 11.1. The van der Waals surface area contributed by atoms with Gasteiger partial charge >= 0.3 is 0 Å². The van der Waals surface area contributed by atoms with Gasteiger partial charge in [-0.1, -0.05) is 12.1 Å².